The topological polar surface area (TPSA) is 118 Å². The normalized spacial score (nSPS) is 10.7. The predicted octanol–water partition coefficient (Wildman–Crippen LogP) is -1.01. The van der Waals surface area contributed by atoms with Crippen molar-refractivity contribution < 1.29 is 24.6 Å². The molecule has 0 saturated heterocycles. The van der Waals surface area contributed by atoms with E-state index in [0.717, 1.165) is 6.92 Å². The van der Waals surface area contributed by atoms with E-state index < -0.39 is 23.8 Å². The van der Waals surface area contributed by atoms with Crippen LogP contribution in [0.25, 0.3) is 0 Å². The molecule has 0 aliphatic rings. The number of thiol groups is 1. The van der Waals surface area contributed by atoms with Gasteiger partial charge >= 0.3 is 11.9 Å². The highest BCUT2D eigenvalue weighted by atomic mass is 32.1. The highest BCUT2D eigenvalue weighted by Gasteiger charge is 2.06. The molecule has 0 aromatic rings. The van der Waals surface area contributed by atoms with Crippen molar-refractivity contribution in [1.29, 1.82) is 0 Å². The Hall–Kier alpha value is -1.08. The maximum Gasteiger partial charge on any atom is 0.371 e. The zero-order chi connectivity index (χ0) is 11.0. The van der Waals surface area contributed by atoms with Crippen LogP contribution in [0.2, 0.25) is 0 Å². The molecule has 7 heteroatoms. The number of rotatable bonds is 3. The predicted molar refractivity (Wildman–Crippen MR) is 47.8 cm³/mol. The minimum absolute atomic E-state index is 0.190. The molecule has 0 aliphatic heterocycles. The first-order valence-electron chi connectivity index (χ1n) is 3.16. The fourth-order valence-electron chi connectivity index (χ4n) is 0.0781. The number of Topliss-reactive ketones (excluding diaryl/α,β-unsaturated/α-hetero) is 1. The SMILES string of the molecule is CC(=O)C(=O)O.NC(CS)C(=O)O. The van der Waals surface area contributed by atoms with E-state index in [0.29, 0.717) is 0 Å². The second kappa shape index (κ2) is 7.56. The Morgan fingerprint density at radius 1 is 1.38 bits per heavy atom. The van der Waals surface area contributed by atoms with Gasteiger partial charge in [-0.05, 0) is 0 Å². The van der Waals surface area contributed by atoms with Gasteiger partial charge in [-0.3, -0.25) is 9.59 Å². The first kappa shape index (κ1) is 14.4. The molecule has 0 bridgehead atoms. The Morgan fingerprint density at radius 2 is 1.69 bits per heavy atom. The van der Waals surface area contributed by atoms with Crippen molar-refractivity contribution in [3.05, 3.63) is 0 Å². The molecule has 1 atom stereocenters. The van der Waals surface area contributed by atoms with Crippen LogP contribution in [0.1, 0.15) is 6.92 Å². The third-order valence-corrected chi connectivity index (χ3v) is 1.21. The first-order valence-corrected chi connectivity index (χ1v) is 3.79. The minimum Gasteiger partial charge on any atom is -0.480 e. The van der Waals surface area contributed by atoms with Gasteiger partial charge < -0.3 is 15.9 Å². The molecule has 0 saturated carbocycles. The van der Waals surface area contributed by atoms with E-state index in [1.54, 1.807) is 0 Å². The van der Waals surface area contributed by atoms with Gasteiger partial charge in [-0.2, -0.15) is 12.6 Å². The van der Waals surface area contributed by atoms with Crippen LogP contribution in [0.15, 0.2) is 0 Å². The number of ketones is 1. The molecular weight excluding hydrogens is 198 g/mol. The lowest BCUT2D eigenvalue weighted by atomic mass is 10.4. The summed E-state index contributed by atoms with van der Waals surface area (Å²) >= 11 is 3.65. The van der Waals surface area contributed by atoms with Crippen LogP contribution < -0.4 is 5.73 Å². The first-order chi connectivity index (χ1) is 5.82. The van der Waals surface area contributed by atoms with Crippen LogP contribution in [-0.2, 0) is 14.4 Å². The van der Waals surface area contributed by atoms with E-state index in [1.165, 1.54) is 0 Å². The third-order valence-electron chi connectivity index (χ3n) is 0.815. The molecule has 0 heterocycles. The number of carboxylic acids is 2. The van der Waals surface area contributed by atoms with Gasteiger partial charge in [0.1, 0.15) is 6.04 Å². The summed E-state index contributed by atoms with van der Waals surface area (Å²) in [5, 5.41) is 15.6. The van der Waals surface area contributed by atoms with E-state index in [4.69, 9.17) is 15.9 Å². The molecule has 0 amide bonds. The molecule has 0 rings (SSSR count). The zero-order valence-electron chi connectivity index (χ0n) is 6.93. The summed E-state index contributed by atoms with van der Waals surface area (Å²) in [6.07, 6.45) is 0. The Bertz CT molecular complexity index is 193. The van der Waals surface area contributed by atoms with Crippen molar-refractivity contribution in [2.75, 3.05) is 5.75 Å². The van der Waals surface area contributed by atoms with Crippen LogP contribution in [0.5, 0.6) is 0 Å². The number of hydrogen-bond acceptors (Lipinski definition) is 5. The molecule has 4 N–H and O–H groups in total. The molecule has 0 radical (unpaired) electrons. The lowest BCUT2D eigenvalue weighted by Gasteiger charge is -1.96. The number of carboxylic acid groups (broad SMARTS) is 2. The van der Waals surface area contributed by atoms with Crippen LogP contribution in [0, 0.1) is 0 Å². The van der Waals surface area contributed by atoms with E-state index >= 15 is 0 Å². The van der Waals surface area contributed by atoms with Gasteiger partial charge in [-0.1, -0.05) is 0 Å². The molecule has 0 aliphatic carbocycles. The van der Waals surface area contributed by atoms with Crippen molar-refractivity contribution in [3.8, 4) is 0 Å². The largest absolute Gasteiger partial charge is 0.480 e. The Labute approximate surface area is 80.1 Å². The number of nitrogens with two attached hydrogens (primary N) is 1. The summed E-state index contributed by atoms with van der Waals surface area (Å²) < 4.78 is 0. The third kappa shape index (κ3) is 10.9. The summed E-state index contributed by atoms with van der Waals surface area (Å²) in [6.45, 7) is 1.00. The molecule has 6 nitrogen and oxygen atoms in total. The van der Waals surface area contributed by atoms with Crippen molar-refractivity contribution >= 4 is 30.4 Å². The second-order valence-corrected chi connectivity index (χ2v) is 2.35. The summed E-state index contributed by atoms with van der Waals surface area (Å²) in [6, 6.07) is -0.816. The fraction of sp³-hybridized carbons (Fsp3) is 0.500. The van der Waals surface area contributed by atoms with Crippen molar-refractivity contribution in [3.63, 3.8) is 0 Å². The maximum atomic E-state index is 9.76. The van der Waals surface area contributed by atoms with Gasteiger partial charge in [-0.15, -0.1) is 0 Å². The Balaban J connectivity index is 0. The van der Waals surface area contributed by atoms with Gasteiger partial charge in [0.05, 0.1) is 0 Å². The molecular formula is C6H11NO5S. The van der Waals surface area contributed by atoms with Crippen LogP contribution in [-0.4, -0.2) is 39.7 Å². The minimum atomic E-state index is -1.38. The van der Waals surface area contributed by atoms with Crippen molar-refractivity contribution in [2.24, 2.45) is 5.73 Å². The number of hydrogen-bond donors (Lipinski definition) is 4. The van der Waals surface area contributed by atoms with E-state index in [1.807, 2.05) is 0 Å². The molecule has 0 aromatic heterocycles. The fourth-order valence-corrected chi connectivity index (χ4v) is 0.234. The summed E-state index contributed by atoms with van der Waals surface area (Å²) in [5.74, 6) is -3.02. The van der Waals surface area contributed by atoms with Gasteiger partial charge in [0.15, 0.2) is 0 Å². The Kier molecular flexibility index (Phi) is 8.40. The maximum absolute atomic E-state index is 9.76. The molecule has 76 valence electrons. The molecule has 1 unspecified atom stereocenters. The van der Waals surface area contributed by atoms with Gasteiger partial charge in [-0.25, -0.2) is 4.79 Å². The van der Waals surface area contributed by atoms with Crippen LogP contribution in [0.3, 0.4) is 0 Å². The lowest BCUT2D eigenvalue weighted by molar-refractivity contribution is -0.148. The second-order valence-electron chi connectivity index (χ2n) is 1.99. The summed E-state index contributed by atoms with van der Waals surface area (Å²) in [4.78, 5) is 28.6. The van der Waals surface area contributed by atoms with Gasteiger partial charge in [0, 0.05) is 12.7 Å². The van der Waals surface area contributed by atoms with E-state index in [2.05, 4.69) is 12.6 Å². The lowest BCUT2D eigenvalue weighted by Crippen LogP contribution is -2.31. The van der Waals surface area contributed by atoms with Crippen molar-refractivity contribution in [1.82, 2.24) is 0 Å². The molecule has 0 fully saturated rings. The zero-order valence-corrected chi connectivity index (χ0v) is 7.82. The highest BCUT2D eigenvalue weighted by molar-refractivity contribution is 7.80. The number of aliphatic carboxylic acids is 2. The molecule has 13 heavy (non-hydrogen) atoms. The quantitative estimate of drug-likeness (QED) is 0.349. The summed E-state index contributed by atoms with van der Waals surface area (Å²) in [7, 11) is 0. The monoisotopic (exact) mass is 209 g/mol. The van der Waals surface area contributed by atoms with E-state index in [9.17, 15) is 14.4 Å². The average Bonchev–Trinajstić information content (AvgIpc) is 2.03. The number of carbonyl (C=O) groups excluding carboxylic acids is 1. The average molecular weight is 209 g/mol. The smallest absolute Gasteiger partial charge is 0.371 e. The van der Waals surface area contributed by atoms with Gasteiger partial charge in [0.2, 0.25) is 5.78 Å². The standard InChI is InChI=1S/C3H7NO2S.C3H4O3/c4-2(1-7)3(5)6;1-2(4)3(5)6/h2,7H,1,4H2,(H,5,6);1H3,(H,5,6). The van der Waals surface area contributed by atoms with E-state index in [-0.39, 0.29) is 5.75 Å². The van der Waals surface area contributed by atoms with Gasteiger partial charge in [0.25, 0.3) is 0 Å². The molecule has 0 spiro atoms. The Morgan fingerprint density at radius 3 is 1.69 bits per heavy atom. The summed E-state index contributed by atoms with van der Waals surface area (Å²) in [5.41, 5.74) is 4.94. The van der Waals surface area contributed by atoms with Crippen LogP contribution in [0.4, 0.5) is 0 Å². The van der Waals surface area contributed by atoms with Crippen LogP contribution >= 0.6 is 12.6 Å². The number of carbonyl (C=O) groups is 3. The highest BCUT2D eigenvalue weighted by Crippen LogP contribution is 1.80. The van der Waals surface area contributed by atoms with Crippen molar-refractivity contribution in [2.45, 2.75) is 13.0 Å². The molecule has 0 aromatic carbocycles.